The first-order valence-corrected chi connectivity index (χ1v) is 10.7. The summed E-state index contributed by atoms with van der Waals surface area (Å²) in [7, 11) is 1.49. The fraction of sp³-hybridized carbons (Fsp3) is 0.440. The van der Waals surface area contributed by atoms with E-state index in [1.54, 1.807) is 24.3 Å². The molecule has 168 valence electrons. The highest BCUT2D eigenvalue weighted by atomic mass is 19.3. The summed E-state index contributed by atoms with van der Waals surface area (Å²) in [6, 6.07) is 8.32. The van der Waals surface area contributed by atoms with Gasteiger partial charge in [0.2, 0.25) is 0 Å². The molecule has 1 aliphatic carbocycles. The first-order valence-electron chi connectivity index (χ1n) is 10.7. The van der Waals surface area contributed by atoms with Gasteiger partial charge >= 0.3 is 6.11 Å². The first-order chi connectivity index (χ1) is 14.9. The van der Waals surface area contributed by atoms with Gasteiger partial charge in [0.15, 0.2) is 11.6 Å². The van der Waals surface area contributed by atoms with Crippen molar-refractivity contribution in [2.45, 2.75) is 57.7 Å². The van der Waals surface area contributed by atoms with E-state index in [2.05, 4.69) is 6.08 Å². The second-order valence-corrected chi connectivity index (χ2v) is 7.94. The van der Waals surface area contributed by atoms with Crippen LogP contribution in [0.3, 0.4) is 0 Å². The molecule has 2 aromatic carbocycles. The molecule has 0 aliphatic heterocycles. The van der Waals surface area contributed by atoms with Crippen molar-refractivity contribution < 1.29 is 27.0 Å². The van der Waals surface area contributed by atoms with Crippen molar-refractivity contribution in [2.75, 3.05) is 7.11 Å². The van der Waals surface area contributed by atoms with Crippen LogP contribution in [-0.4, -0.2) is 13.2 Å². The number of ether oxygens (including phenoxy) is 2. The molecule has 0 radical (unpaired) electrons. The van der Waals surface area contributed by atoms with E-state index in [9.17, 15) is 17.6 Å². The predicted octanol–water partition coefficient (Wildman–Crippen LogP) is 7.62. The Hall–Kier alpha value is -2.34. The molecule has 0 bridgehead atoms. The minimum atomic E-state index is -3.90. The van der Waals surface area contributed by atoms with E-state index in [0.29, 0.717) is 30.1 Å². The van der Waals surface area contributed by atoms with Crippen LogP contribution in [0.25, 0.3) is 11.1 Å². The van der Waals surface area contributed by atoms with Crippen molar-refractivity contribution in [3.63, 3.8) is 0 Å². The van der Waals surface area contributed by atoms with Crippen molar-refractivity contribution in [3.05, 3.63) is 65.7 Å². The lowest BCUT2D eigenvalue weighted by Gasteiger charge is -2.31. The molecule has 0 atom stereocenters. The predicted molar refractivity (Wildman–Crippen MR) is 113 cm³/mol. The summed E-state index contributed by atoms with van der Waals surface area (Å²) >= 11 is 0. The van der Waals surface area contributed by atoms with Gasteiger partial charge in [-0.05, 0) is 75.1 Å². The highest BCUT2D eigenvalue weighted by molar-refractivity contribution is 5.65. The largest absolute Gasteiger partial charge is 0.497 e. The van der Waals surface area contributed by atoms with E-state index in [4.69, 9.17) is 9.47 Å². The van der Waals surface area contributed by atoms with Crippen LogP contribution in [0, 0.1) is 17.6 Å². The Morgan fingerprint density at radius 1 is 0.968 bits per heavy atom. The van der Waals surface area contributed by atoms with Crippen molar-refractivity contribution in [3.8, 4) is 16.9 Å². The molecule has 0 amide bonds. The van der Waals surface area contributed by atoms with E-state index in [1.165, 1.54) is 7.11 Å². The standard InChI is InChI=1S/C25H28F4O2/c1-3-4-5-6-17-7-11-20(12-8-17)31-25(28,29)22-16-15-21(23(26)24(22)27)18-9-13-19(30-2)14-10-18/h3-4,9-10,13-17,20H,5-8,11-12H2,1-2H3. The number of hydrogen-bond acceptors (Lipinski definition) is 2. The second-order valence-electron chi connectivity index (χ2n) is 7.94. The molecule has 1 fully saturated rings. The van der Waals surface area contributed by atoms with Crippen LogP contribution in [-0.2, 0) is 10.8 Å². The Kier molecular flexibility index (Phi) is 7.76. The van der Waals surface area contributed by atoms with Gasteiger partial charge < -0.3 is 9.47 Å². The third-order valence-electron chi connectivity index (χ3n) is 5.88. The monoisotopic (exact) mass is 436 g/mol. The molecule has 1 aliphatic rings. The Balaban J connectivity index is 1.69. The number of methoxy groups -OCH3 is 1. The third kappa shape index (κ3) is 5.67. The SMILES string of the molecule is CC=CCCC1CCC(OC(F)(F)c2ccc(-c3ccc(OC)cc3)c(F)c2F)CC1. The Morgan fingerprint density at radius 2 is 1.65 bits per heavy atom. The van der Waals surface area contributed by atoms with Gasteiger partial charge in [-0.15, -0.1) is 0 Å². The van der Waals surface area contributed by atoms with Crippen LogP contribution in [0.4, 0.5) is 17.6 Å². The van der Waals surface area contributed by atoms with Crippen molar-refractivity contribution >= 4 is 0 Å². The summed E-state index contributed by atoms with van der Waals surface area (Å²) in [6.45, 7) is 1.97. The van der Waals surface area contributed by atoms with Gasteiger partial charge in [0.1, 0.15) is 5.75 Å². The molecule has 0 saturated heterocycles. The lowest BCUT2D eigenvalue weighted by atomic mass is 9.84. The van der Waals surface area contributed by atoms with Gasteiger partial charge in [-0.25, -0.2) is 8.78 Å². The first kappa shape index (κ1) is 23.3. The maximum Gasteiger partial charge on any atom is 0.386 e. The summed E-state index contributed by atoms with van der Waals surface area (Å²) in [6.07, 6.45) is 4.12. The van der Waals surface area contributed by atoms with Gasteiger partial charge in [-0.1, -0.05) is 30.4 Å². The Bertz CT molecular complexity index is 885. The summed E-state index contributed by atoms with van der Waals surface area (Å²) in [4.78, 5) is 0. The number of halogens is 4. The Morgan fingerprint density at radius 3 is 2.26 bits per heavy atom. The van der Waals surface area contributed by atoms with E-state index in [-0.39, 0.29) is 5.56 Å². The van der Waals surface area contributed by atoms with Gasteiger partial charge in [-0.3, -0.25) is 0 Å². The molecule has 0 aromatic heterocycles. The zero-order valence-electron chi connectivity index (χ0n) is 17.8. The molecule has 31 heavy (non-hydrogen) atoms. The topological polar surface area (TPSA) is 18.5 Å². The number of benzene rings is 2. The summed E-state index contributed by atoms with van der Waals surface area (Å²) in [5.74, 6) is -1.86. The molecule has 0 spiro atoms. The smallest absolute Gasteiger partial charge is 0.386 e. The fourth-order valence-corrected chi connectivity index (χ4v) is 4.08. The van der Waals surface area contributed by atoms with E-state index >= 15 is 0 Å². The molecule has 6 heteroatoms. The van der Waals surface area contributed by atoms with Crippen LogP contribution in [0.2, 0.25) is 0 Å². The lowest BCUT2D eigenvalue weighted by molar-refractivity contribution is -0.279. The fourth-order valence-electron chi connectivity index (χ4n) is 4.08. The summed E-state index contributed by atoms with van der Waals surface area (Å²) in [5, 5.41) is 0. The maximum absolute atomic E-state index is 14.7. The highest BCUT2D eigenvalue weighted by Crippen LogP contribution is 2.39. The van der Waals surface area contributed by atoms with Crippen LogP contribution in [0.5, 0.6) is 5.75 Å². The molecule has 1 saturated carbocycles. The molecule has 2 aromatic rings. The normalized spacial score (nSPS) is 19.7. The molecular formula is C25H28F4O2. The van der Waals surface area contributed by atoms with Crippen molar-refractivity contribution in [1.29, 1.82) is 0 Å². The minimum Gasteiger partial charge on any atom is -0.497 e. The van der Waals surface area contributed by atoms with Gasteiger partial charge in [-0.2, -0.15) is 8.78 Å². The summed E-state index contributed by atoms with van der Waals surface area (Å²) in [5.41, 5.74) is -0.803. The van der Waals surface area contributed by atoms with Gasteiger partial charge in [0.05, 0.1) is 18.8 Å². The lowest BCUT2D eigenvalue weighted by Crippen LogP contribution is -2.30. The van der Waals surface area contributed by atoms with Crippen molar-refractivity contribution in [1.82, 2.24) is 0 Å². The molecule has 0 N–H and O–H groups in total. The molecule has 0 heterocycles. The zero-order valence-corrected chi connectivity index (χ0v) is 17.8. The van der Waals surface area contributed by atoms with Crippen LogP contribution in [0.15, 0.2) is 48.6 Å². The molecule has 2 nitrogen and oxygen atoms in total. The van der Waals surface area contributed by atoms with Gasteiger partial charge in [0.25, 0.3) is 0 Å². The quantitative estimate of drug-likeness (QED) is 0.313. The van der Waals surface area contributed by atoms with E-state index < -0.39 is 29.4 Å². The number of rotatable bonds is 8. The summed E-state index contributed by atoms with van der Waals surface area (Å²) < 4.78 is 68.7. The zero-order chi connectivity index (χ0) is 22.4. The minimum absolute atomic E-state index is 0.0960. The number of allylic oxidation sites excluding steroid dienone is 2. The number of hydrogen-bond donors (Lipinski definition) is 0. The average Bonchev–Trinajstić information content (AvgIpc) is 2.77. The van der Waals surface area contributed by atoms with Crippen LogP contribution >= 0.6 is 0 Å². The van der Waals surface area contributed by atoms with Crippen LogP contribution in [0.1, 0.15) is 51.0 Å². The van der Waals surface area contributed by atoms with Gasteiger partial charge in [0, 0.05) is 5.56 Å². The van der Waals surface area contributed by atoms with E-state index in [1.807, 2.05) is 13.0 Å². The number of alkyl halides is 2. The van der Waals surface area contributed by atoms with E-state index in [0.717, 1.165) is 37.8 Å². The average molecular weight is 436 g/mol. The van der Waals surface area contributed by atoms with Crippen LogP contribution < -0.4 is 4.74 Å². The van der Waals surface area contributed by atoms with Crippen molar-refractivity contribution in [2.24, 2.45) is 5.92 Å². The molecule has 0 unspecified atom stereocenters. The maximum atomic E-state index is 14.7. The molecular weight excluding hydrogens is 408 g/mol. The molecule has 3 rings (SSSR count). The Labute approximate surface area is 180 Å². The third-order valence-corrected chi connectivity index (χ3v) is 5.88. The second kappa shape index (κ2) is 10.3. The highest BCUT2D eigenvalue weighted by Gasteiger charge is 2.41.